The van der Waals surface area contributed by atoms with Gasteiger partial charge in [0.2, 0.25) is 0 Å². The van der Waals surface area contributed by atoms with Crippen LogP contribution in [-0.4, -0.2) is 12.0 Å². The highest BCUT2D eigenvalue weighted by Crippen LogP contribution is 2.03. The molecule has 0 bridgehead atoms. The molecule has 0 saturated heterocycles. The summed E-state index contributed by atoms with van der Waals surface area (Å²) in [4.78, 5) is 0. The third-order valence-corrected chi connectivity index (χ3v) is 0.467. The van der Waals surface area contributed by atoms with Crippen molar-refractivity contribution in [3.63, 3.8) is 0 Å². The van der Waals surface area contributed by atoms with E-state index in [1.54, 1.807) is 0 Å². The van der Waals surface area contributed by atoms with Gasteiger partial charge in [0.05, 0.1) is 0 Å². The highest BCUT2D eigenvalue weighted by atomic mass is 16.5. The van der Waals surface area contributed by atoms with Gasteiger partial charge in [-0.25, -0.2) is 0 Å². The molecular formula is C5H12N2O. The van der Waals surface area contributed by atoms with Gasteiger partial charge in [-0.3, -0.25) is 0 Å². The van der Waals surface area contributed by atoms with Gasteiger partial charge in [0.25, 0.3) is 0 Å². The van der Waals surface area contributed by atoms with Crippen LogP contribution in [0.15, 0.2) is 5.10 Å². The maximum absolute atomic E-state index is 4.96. The predicted octanol–water partition coefficient (Wildman–Crippen LogP) is 0.704. The van der Waals surface area contributed by atoms with Gasteiger partial charge in [0.1, 0.15) is 5.60 Å². The smallest absolute Gasteiger partial charge is 0.192 e. The average Bonchev–Trinajstić information content (AvgIpc) is 1.59. The maximum atomic E-state index is 4.96. The van der Waals surface area contributed by atoms with Gasteiger partial charge in [-0.1, -0.05) is 0 Å². The lowest BCUT2D eigenvalue weighted by molar-refractivity contribution is 0.126. The topological polar surface area (TPSA) is 47.6 Å². The second kappa shape index (κ2) is 2.55. The number of hydrogen-bond acceptors (Lipinski definition) is 3. The first-order valence-corrected chi connectivity index (χ1v) is 2.46. The number of hydrogen-bond donors (Lipinski definition) is 1. The zero-order valence-corrected chi connectivity index (χ0v) is 5.51. The van der Waals surface area contributed by atoms with E-state index in [9.17, 15) is 0 Å². The van der Waals surface area contributed by atoms with E-state index in [4.69, 9.17) is 10.6 Å². The van der Waals surface area contributed by atoms with Gasteiger partial charge in [-0.05, 0) is 20.8 Å². The van der Waals surface area contributed by atoms with E-state index in [2.05, 4.69) is 5.10 Å². The van der Waals surface area contributed by atoms with E-state index in [-0.39, 0.29) is 5.60 Å². The lowest BCUT2D eigenvalue weighted by Gasteiger charge is -2.15. The predicted molar refractivity (Wildman–Crippen MR) is 33.5 cm³/mol. The van der Waals surface area contributed by atoms with Gasteiger partial charge < -0.3 is 10.6 Å². The van der Waals surface area contributed by atoms with Crippen LogP contribution >= 0.6 is 0 Å². The fourth-order valence-electron chi connectivity index (χ4n) is 0.189. The Morgan fingerprint density at radius 2 is 2.00 bits per heavy atom. The Kier molecular flexibility index (Phi) is 2.31. The van der Waals surface area contributed by atoms with Gasteiger partial charge in [0.15, 0.2) is 6.40 Å². The van der Waals surface area contributed by atoms with Crippen molar-refractivity contribution < 1.29 is 4.74 Å². The second-order valence-electron chi connectivity index (χ2n) is 2.48. The number of hydrazone groups is 1. The first-order chi connectivity index (χ1) is 3.56. The summed E-state index contributed by atoms with van der Waals surface area (Å²) >= 11 is 0. The van der Waals surface area contributed by atoms with E-state index in [1.165, 1.54) is 6.40 Å². The minimum absolute atomic E-state index is 0.178. The molecule has 0 aliphatic heterocycles. The van der Waals surface area contributed by atoms with Gasteiger partial charge >= 0.3 is 0 Å². The molecule has 2 N–H and O–H groups in total. The van der Waals surface area contributed by atoms with Crippen molar-refractivity contribution in [2.24, 2.45) is 10.9 Å². The van der Waals surface area contributed by atoms with Crippen molar-refractivity contribution >= 4 is 6.40 Å². The van der Waals surface area contributed by atoms with Crippen molar-refractivity contribution in [1.29, 1.82) is 0 Å². The van der Waals surface area contributed by atoms with E-state index in [1.807, 2.05) is 20.8 Å². The van der Waals surface area contributed by atoms with Crippen LogP contribution in [0, 0.1) is 0 Å². The maximum Gasteiger partial charge on any atom is 0.192 e. The molecular weight excluding hydrogens is 104 g/mol. The van der Waals surface area contributed by atoms with Crippen LogP contribution in [-0.2, 0) is 4.74 Å². The molecule has 0 aromatic carbocycles. The minimum Gasteiger partial charge on any atom is -0.476 e. The number of rotatable bonds is 1. The van der Waals surface area contributed by atoms with Crippen LogP contribution in [0.2, 0.25) is 0 Å². The molecule has 0 fully saturated rings. The van der Waals surface area contributed by atoms with Crippen LogP contribution in [0.25, 0.3) is 0 Å². The molecule has 0 aromatic rings. The Morgan fingerprint density at radius 3 is 2.12 bits per heavy atom. The van der Waals surface area contributed by atoms with Gasteiger partial charge in [0, 0.05) is 0 Å². The van der Waals surface area contributed by atoms with Crippen molar-refractivity contribution in [3.8, 4) is 0 Å². The Hall–Kier alpha value is -0.730. The molecule has 3 nitrogen and oxygen atoms in total. The van der Waals surface area contributed by atoms with Crippen LogP contribution in [0.3, 0.4) is 0 Å². The molecule has 8 heavy (non-hydrogen) atoms. The first kappa shape index (κ1) is 7.27. The molecule has 0 atom stereocenters. The molecule has 0 aliphatic carbocycles. The SMILES string of the molecule is CC(C)(C)OC=NN. The lowest BCUT2D eigenvalue weighted by Crippen LogP contribution is -2.18. The Balaban J connectivity index is 3.39. The van der Waals surface area contributed by atoms with E-state index >= 15 is 0 Å². The van der Waals surface area contributed by atoms with E-state index in [0.717, 1.165) is 0 Å². The summed E-state index contributed by atoms with van der Waals surface area (Å²) in [6.45, 7) is 5.78. The summed E-state index contributed by atoms with van der Waals surface area (Å²) in [5, 5.41) is 3.17. The van der Waals surface area contributed by atoms with E-state index < -0.39 is 0 Å². The fourth-order valence-corrected chi connectivity index (χ4v) is 0.189. The second-order valence-corrected chi connectivity index (χ2v) is 2.48. The summed E-state index contributed by atoms with van der Waals surface area (Å²) in [6.07, 6.45) is 1.24. The van der Waals surface area contributed by atoms with Crippen molar-refractivity contribution in [2.45, 2.75) is 26.4 Å². The fraction of sp³-hybridized carbons (Fsp3) is 0.800. The molecule has 0 aromatic heterocycles. The molecule has 0 spiro atoms. The minimum atomic E-state index is -0.178. The van der Waals surface area contributed by atoms with E-state index in [0.29, 0.717) is 0 Å². The molecule has 0 amide bonds. The molecule has 0 rings (SSSR count). The standard InChI is InChI=1S/C5H12N2O/c1-5(2,3)8-4-7-6/h4H,6H2,1-3H3. The highest BCUT2D eigenvalue weighted by molar-refractivity contribution is 5.46. The van der Waals surface area contributed by atoms with Crippen LogP contribution in [0.5, 0.6) is 0 Å². The zero-order chi connectivity index (χ0) is 6.62. The van der Waals surface area contributed by atoms with Gasteiger partial charge in [-0.15, -0.1) is 0 Å². The largest absolute Gasteiger partial charge is 0.476 e. The molecule has 0 unspecified atom stereocenters. The van der Waals surface area contributed by atoms with Crippen molar-refractivity contribution in [3.05, 3.63) is 0 Å². The number of nitrogens with two attached hydrogens (primary N) is 1. The summed E-state index contributed by atoms with van der Waals surface area (Å²) in [7, 11) is 0. The van der Waals surface area contributed by atoms with Crippen LogP contribution in [0.1, 0.15) is 20.8 Å². The molecule has 0 saturated carbocycles. The molecule has 0 radical (unpaired) electrons. The summed E-state index contributed by atoms with van der Waals surface area (Å²) < 4.78 is 4.96. The van der Waals surface area contributed by atoms with Crippen molar-refractivity contribution in [2.75, 3.05) is 0 Å². The first-order valence-electron chi connectivity index (χ1n) is 2.46. The monoisotopic (exact) mass is 116 g/mol. The Bertz CT molecular complexity index is 82.9. The Labute approximate surface area is 49.5 Å². The zero-order valence-electron chi connectivity index (χ0n) is 5.51. The average molecular weight is 116 g/mol. The summed E-state index contributed by atoms with van der Waals surface area (Å²) in [6, 6.07) is 0. The number of nitrogens with zero attached hydrogens (tertiary/aromatic N) is 1. The molecule has 0 heterocycles. The lowest BCUT2D eigenvalue weighted by atomic mass is 10.2. The third-order valence-electron chi connectivity index (χ3n) is 0.467. The Morgan fingerprint density at radius 1 is 1.50 bits per heavy atom. The quantitative estimate of drug-likeness (QED) is 0.237. The highest BCUT2D eigenvalue weighted by Gasteiger charge is 2.07. The van der Waals surface area contributed by atoms with Crippen LogP contribution in [0.4, 0.5) is 0 Å². The van der Waals surface area contributed by atoms with Crippen LogP contribution < -0.4 is 5.84 Å². The summed E-state index contributed by atoms with van der Waals surface area (Å²) in [5.41, 5.74) is -0.178. The summed E-state index contributed by atoms with van der Waals surface area (Å²) in [5.74, 6) is 4.78. The molecule has 48 valence electrons. The molecule has 0 aliphatic rings. The number of ether oxygens (including phenoxy) is 1. The van der Waals surface area contributed by atoms with Crippen molar-refractivity contribution in [1.82, 2.24) is 0 Å². The molecule has 3 heteroatoms. The normalized spacial score (nSPS) is 12.4. The van der Waals surface area contributed by atoms with Gasteiger partial charge in [-0.2, -0.15) is 5.10 Å². The third kappa shape index (κ3) is 5.27.